The highest BCUT2D eigenvalue weighted by Crippen LogP contribution is 2.24. The van der Waals surface area contributed by atoms with Gasteiger partial charge in [-0.15, -0.1) is 11.3 Å². The molecule has 3 aromatic rings. The topological polar surface area (TPSA) is 45.2 Å². The fourth-order valence-corrected chi connectivity index (χ4v) is 4.92. The standard InChI is InChI=1S/C25H29N3OS/c1-19-9-5-6-13-23(19)27-24(29)16-25-26-21(18-30-25)17-28-14-8-7-12-22(28)15-20-10-3-2-4-11-20/h2-6,9-11,13,18,22H,7-8,12,14-17H2,1H3,(H,27,29). The van der Waals surface area contributed by atoms with Crippen molar-refractivity contribution in [1.82, 2.24) is 9.88 Å². The van der Waals surface area contributed by atoms with E-state index in [1.165, 1.54) is 24.8 Å². The van der Waals surface area contributed by atoms with Crippen molar-refractivity contribution in [3.63, 3.8) is 0 Å². The van der Waals surface area contributed by atoms with Gasteiger partial charge in [-0.1, -0.05) is 55.0 Å². The molecule has 2 aromatic carbocycles. The van der Waals surface area contributed by atoms with Crippen molar-refractivity contribution in [2.24, 2.45) is 0 Å². The summed E-state index contributed by atoms with van der Waals surface area (Å²) in [5, 5.41) is 6.00. The predicted molar refractivity (Wildman–Crippen MR) is 124 cm³/mol. The first-order valence-corrected chi connectivity index (χ1v) is 11.6. The van der Waals surface area contributed by atoms with Crippen LogP contribution in [0.4, 0.5) is 5.69 Å². The van der Waals surface area contributed by atoms with Gasteiger partial charge in [-0.3, -0.25) is 9.69 Å². The van der Waals surface area contributed by atoms with Gasteiger partial charge in [-0.2, -0.15) is 0 Å². The first-order chi connectivity index (χ1) is 14.7. The quantitative estimate of drug-likeness (QED) is 0.570. The molecule has 156 valence electrons. The lowest BCUT2D eigenvalue weighted by atomic mass is 9.95. The Kier molecular flexibility index (Phi) is 6.92. The zero-order valence-corrected chi connectivity index (χ0v) is 18.3. The number of para-hydroxylation sites is 1. The zero-order chi connectivity index (χ0) is 20.8. The maximum atomic E-state index is 12.4. The number of rotatable bonds is 7. The third-order valence-electron chi connectivity index (χ3n) is 5.76. The number of carbonyl (C=O) groups is 1. The minimum absolute atomic E-state index is 0.00914. The highest BCUT2D eigenvalue weighted by Gasteiger charge is 2.23. The molecule has 0 bridgehead atoms. The molecule has 0 spiro atoms. The van der Waals surface area contributed by atoms with E-state index < -0.39 is 0 Å². The summed E-state index contributed by atoms with van der Waals surface area (Å²) in [7, 11) is 0. The van der Waals surface area contributed by atoms with Gasteiger partial charge < -0.3 is 5.32 Å². The Bertz CT molecular complexity index is 969. The highest BCUT2D eigenvalue weighted by atomic mass is 32.1. The summed E-state index contributed by atoms with van der Waals surface area (Å²) in [4.78, 5) is 19.8. The molecule has 1 saturated heterocycles. The van der Waals surface area contributed by atoms with E-state index in [1.54, 1.807) is 11.3 Å². The third-order valence-corrected chi connectivity index (χ3v) is 6.66. The van der Waals surface area contributed by atoms with Gasteiger partial charge in [0.25, 0.3) is 0 Å². The Morgan fingerprint density at radius 1 is 1.13 bits per heavy atom. The van der Waals surface area contributed by atoms with Crippen molar-refractivity contribution in [2.75, 3.05) is 11.9 Å². The molecule has 4 nitrogen and oxygen atoms in total. The second kappa shape index (κ2) is 10.0. The summed E-state index contributed by atoms with van der Waals surface area (Å²) in [5.74, 6) is -0.00914. The van der Waals surface area contributed by atoms with E-state index in [0.717, 1.165) is 41.5 Å². The maximum absolute atomic E-state index is 12.4. The van der Waals surface area contributed by atoms with Crippen LogP contribution in [0, 0.1) is 6.92 Å². The Morgan fingerprint density at radius 2 is 1.93 bits per heavy atom. The van der Waals surface area contributed by atoms with Crippen molar-refractivity contribution in [1.29, 1.82) is 0 Å². The minimum Gasteiger partial charge on any atom is -0.325 e. The minimum atomic E-state index is -0.00914. The summed E-state index contributed by atoms with van der Waals surface area (Å²) in [6.07, 6.45) is 5.21. The van der Waals surface area contributed by atoms with Crippen LogP contribution in [0.3, 0.4) is 0 Å². The van der Waals surface area contributed by atoms with Gasteiger partial charge in [-0.05, 0) is 49.9 Å². The molecule has 0 aliphatic carbocycles. The molecule has 1 N–H and O–H groups in total. The smallest absolute Gasteiger partial charge is 0.231 e. The molecule has 5 heteroatoms. The SMILES string of the molecule is Cc1ccccc1NC(=O)Cc1nc(CN2CCCCC2Cc2ccccc2)cs1. The number of anilines is 1. The van der Waals surface area contributed by atoms with E-state index in [2.05, 4.69) is 45.9 Å². The molecule has 1 fully saturated rings. The number of aryl methyl sites for hydroxylation is 1. The van der Waals surface area contributed by atoms with E-state index in [1.807, 2.05) is 31.2 Å². The van der Waals surface area contributed by atoms with Crippen molar-refractivity contribution in [2.45, 2.75) is 51.6 Å². The van der Waals surface area contributed by atoms with Gasteiger partial charge in [0, 0.05) is 23.7 Å². The van der Waals surface area contributed by atoms with E-state index in [4.69, 9.17) is 4.98 Å². The molecule has 1 amide bonds. The average Bonchev–Trinajstić information content (AvgIpc) is 3.18. The summed E-state index contributed by atoms with van der Waals surface area (Å²) >= 11 is 1.59. The zero-order valence-electron chi connectivity index (χ0n) is 17.5. The Balaban J connectivity index is 1.35. The molecule has 1 unspecified atom stereocenters. The number of thiazole rings is 1. The van der Waals surface area contributed by atoms with Gasteiger partial charge in [0.1, 0.15) is 5.01 Å². The molecule has 1 aromatic heterocycles. The van der Waals surface area contributed by atoms with Crippen LogP contribution in [0.15, 0.2) is 60.0 Å². The first kappa shape index (κ1) is 20.8. The number of carbonyl (C=O) groups excluding carboxylic acids is 1. The monoisotopic (exact) mass is 419 g/mol. The number of likely N-dealkylation sites (tertiary alicyclic amines) is 1. The lowest BCUT2D eigenvalue weighted by molar-refractivity contribution is -0.115. The van der Waals surface area contributed by atoms with Crippen LogP contribution in [0.5, 0.6) is 0 Å². The van der Waals surface area contributed by atoms with Gasteiger partial charge >= 0.3 is 0 Å². The number of amides is 1. The number of benzene rings is 2. The van der Waals surface area contributed by atoms with Gasteiger partial charge in [0.2, 0.25) is 5.91 Å². The summed E-state index contributed by atoms with van der Waals surface area (Å²) in [6, 6.07) is 19.2. The number of nitrogens with zero attached hydrogens (tertiary/aromatic N) is 2. The average molecular weight is 420 g/mol. The van der Waals surface area contributed by atoms with Crippen LogP contribution in [-0.4, -0.2) is 28.4 Å². The molecule has 2 heterocycles. The first-order valence-electron chi connectivity index (χ1n) is 10.7. The van der Waals surface area contributed by atoms with Crippen LogP contribution < -0.4 is 5.32 Å². The Hall–Kier alpha value is -2.50. The summed E-state index contributed by atoms with van der Waals surface area (Å²) < 4.78 is 0. The maximum Gasteiger partial charge on any atom is 0.231 e. The van der Waals surface area contributed by atoms with Crippen molar-refractivity contribution >= 4 is 22.9 Å². The van der Waals surface area contributed by atoms with Gasteiger partial charge in [0.05, 0.1) is 12.1 Å². The largest absolute Gasteiger partial charge is 0.325 e. The number of piperidine rings is 1. The number of nitrogens with one attached hydrogen (secondary N) is 1. The second-order valence-corrected chi connectivity index (χ2v) is 9.02. The van der Waals surface area contributed by atoms with Crippen LogP contribution >= 0.6 is 11.3 Å². The molecule has 1 atom stereocenters. The van der Waals surface area contributed by atoms with E-state index >= 15 is 0 Å². The number of hydrogen-bond acceptors (Lipinski definition) is 4. The van der Waals surface area contributed by atoms with Gasteiger partial charge in [0.15, 0.2) is 0 Å². The van der Waals surface area contributed by atoms with E-state index in [0.29, 0.717) is 12.5 Å². The van der Waals surface area contributed by atoms with Crippen LogP contribution in [-0.2, 0) is 24.2 Å². The molecule has 1 aliphatic rings. The predicted octanol–water partition coefficient (Wildman–Crippen LogP) is 5.23. The fraction of sp³-hybridized carbons (Fsp3) is 0.360. The van der Waals surface area contributed by atoms with E-state index in [9.17, 15) is 4.79 Å². The molecular weight excluding hydrogens is 390 g/mol. The lowest BCUT2D eigenvalue weighted by Crippen LogP contribution is -2.40. The van der Waals surface area contributed by atoms with Crippen LogP contribution in [0.25, 0.3) is 0 Å². The molecule has 0 saturated carbocycles. The molecule has 0 radical (unpaired) electrons. The Morgan fingerprint density at radius 3 is 2.77 bits per heavy atom. The van der Waals surface area contributed by atoms with Crippen molar-refractivity contribution in [3.8, 4) is 0 Å². The highest BCUT2D eigenvalue weighted by molar-refractivity contribution is 7.09. The summed E-state index contributed by atoms with van der Waals surface area (Å²) in [5.41, 5.74) is 4.43. The molecule has 4 rings (SSSR count). The normalized spacial score (nSPS) is 17.0. The van der Waals surface area contributed by atoms with Crippen LogP contribution in [0.1, 0.15) is 41.1 Å². The molecule has 1 aliphatic heterocycles. The molecule has 30 heavy (non-hydrogen) atoms. The summed E-state index contributed by atoms with van der Waals surface area (Å²) in [6.45, 7) is 3.99. The molecular formula is C25H29N3OS. The Labute approximate surface area is 183 Å². The van der Waals surface area contributed by atoms with Crippen molar-refractivity contribution < 1.29 is 4.79 Å². The number of aromatic nitrogens is 1. The fourth-order valence-electron chi connectivity index (χ4n) is 4.14. The van der Waals surface area contributed by atoms with Crippen LogP contribution in [0.2, 0.25) is 0 Å². The number of hydrogen-bond donors (Lipinski definition) is 1. The third kappa shape index (κ3) is 5.55. The second-order valence-electron chi connectivity index (χ2n) is 8.08. The lowest BCUT2D eigenvalue weighted by Gasteiger charge is -2.35. The van der Waals surface area contributed by atoms with E-state index in [-0.39, 0.29) is 5.91 Å². The van der Waals surface area contributed by atoms with Gasteiger partial charge in [-0.25, -0.2) is 4.98 Å². The van der Waals surface area contributed by atoms with Crippen molar-refractivity contribution in [3.05, 3.63) is 81.8 Å².